The highest BCUT2D eigenvalue weighted by atomic mass is 16.6. The van der Waals surface area contributed by atoms with Gasteiger partial charge in [-0.05, 0) is 23.8 Å². The van der Waals surface area contributed by atoms with Crippen LogP contribution in [0.3, 0.4) is 0 Å². The Kier molecular flexibility index (Phi) is 7.10. The molecule has 0 aliphatic carbocycles. The molecule has 0 radical (unpaired) electrons. The highest BCUT2D eigenvalue weighted by Gasteiger charge is 2.22. The van der Waals surface area contributed by atoms with E-state index >= 15 is 0 Å². The summed E-state index contributed by atoms with van der Waals surface area (Å²) in [5.74, 6) is 2.28. The molecule has 0 spiro atoms. The molecule has 202 valence electrons. The number of benzene rings is 2. The number of nitrogens with two attached hydrogens (primary N) is 2. The zero-order valence-corrected chi connectivity index (χ0v) is 21.7. The summed E-state index contributed by atoms with van der Waals surface area (Å²) in [7, 11) is 4.58. The summed E-state index contributed by atoms with van der Waals surface area (Å²) in [4.78, 5) is 23.6. The molecule has 0 fully saturated rings. The number of nitrogens with one attached hydrogen (secondary N) is 2. The van der Waals surface area contributed by atoms with Gasteiger partial charge in [-0.3, -0.25) is 5.32 Å². The zero-order chi connectivity index (χ0) is 27.5. The van der Waals surface area contributed by atoms with Crippen LogP contribution < -0.4 is 31.0 Å². The number of anilines is 2. The fraction of sp³-hybridized carbons (Fsp3) is 0.222. The molecule has 0 atom stereocenters. The summed E-state index contributed by atoms with van der Waals surface area (Å²) >= 11 is 0. The van der Waals surface area contributed by atoms with Crippen LogP contribution in [0.4, 0.5) is 16.6 Å². The summed E-state index contributed by atoms with van der Waals surface area (Å²) in [5, 5.41) is 4.22. The van der Waals surface area contributed by atoms with Gasteiger partial charge in [-0.15, -0.1) is 0 Å². The van der Waals surface area contributed by atoms with Crippen LogP contribution in [0.5, 0.6) is 17.4 Å². The number of aromatic amines is 1. The standard InChI is InChI=1S/C27H28N6O6/c1-35-13-31-27(34)39-25-19(17-6-4-5-7-20(17)32-25)11-16-10-18-14(8-15-12-30-26(29)33-24(15)28)9-21(36-2)23(37-3)22(18)38-16/h4-7,9-10,12,32H,8,11,13H2,1-3H3,(H,31,34)(H4,28,29,30,33). The van der Waals surface area contributed by atoms with Crippen molar-refractivity contribution in [3.05, 3.63) is 65.0 Å². The van der Waals surface area contributed by atoms with E-state index in [4.69, 9.17) is 34.8 Å². The molecule has 3 heterocycles. The van der Waals surface area contributed by atoms with Crippen molar-refractivity contribution in [2.75, 3.05) is 39.5 Å². The van der Waals surface area contributed by atoms with E-state index in [1.807, 2.05) is 36.4 Å². The van der Waals surface area contributed by atoms with Crippen molar-refractivity contribution in [3.8, 4) is 17.4 Å². The third kappa shape index (κ3) is 5.09. The summed E-state index contributed by atoms with van der Waals surface area (Å²) in [6.07, 6.45) is 1.68. The van der Waals surface area contributed by atoms with Gasteiger partial charge in [0.25, 0.3) is 0 Å². The van der Waals surface area contributed by atoms with E-state index in [1.54, 1.807) is 20.4 Å². The van der Waals surface area contributed by atoms with Crippen molar-refractivity contribution in [1.29, 1.82) is 0 Å². The number of para-hydroxylation sites is 1. The molecule has 2 aromatic carbocycles. The Morgan fingerprint density at radius 3 is 2.62 bits per heavy atom. The fourth-order valence-corrected chi connectivity index (χ4v) is 4.49. The number of rotatable bonds is 9. The zero-order valence-electron chi connectivity index (χ0n) is 21.7. The number of amides is 1. The van der Waals surface area contributed by atoms with Gasteiger partial charge in [0.05, 0.1) is 14.2 Å². The topological polar surface area (TPSA) is 173 Å². The molecule has 12 nitrogen and oxygen atoms in total. The van der Waals surface area contributed by atoms with E-state index in [9.17, 15) is 4.79 Å². The third-order valence-corrected chi connectivity index (χ3v) is 6.27. The van der Waals surface area contributed by atoms with Gasteiger partial charge in [0.15, 0.2) is 11.3 Å². The third-order valence-electron chi connectivity index (χ3n) is 6.27. The molecule has 0 aliphatic heterocycles. The Balaban J connectivity index is 1.58. The quantitative estimate of drug-likeness (QED) is 0.205. The van der Waals surface area contributed by atoms with E-state index in [-0.39, 0.29) is 12.7 Å². The van der Waals surface area contributed by atoms with E-state index in [1.165, 1.54) is 7.11 Å². The number of fused-ring (bicyclic) bond motifs is 2. The summed E-state index contributed by atoms with van der Waals surface area (Å²) in [6.45, 7) is 0.0198. The first kappa shape index (κ1) is 25.7. The number of nitrogen functional groups attached to an aromatic ring is 2. The lowest BCUT2D eigenvalue weighted by Gasteiger charge is -2.12. The van der Waals surface area contributed by atoms with Gasteiger partial charge in [0, 0.05) is 53.6 Å². The van der Waals surface area contributed by atoms with E-state index < -0.39 is 6.09 Å². The Morgan fingerprint density at radius 2 is 1.87 bits per heavy atom. The van der Waals surface area contributed by atoms with Gasteiger partial charge in [0.1, 0.15) is 18.3 Å². The molecule has 0 aliphatic rings. The van der Waals surface area contributed by atoms with Crippen molar-refractivity contribution in [2.45, 2.75) is 12.8 Å². The lowest BCUT2D eigenvalue weighted by atomic mass is 10.0. The monoisotopic (exact) mass is 532 g/mol. The minimum atomic E-state index is -0.647. The number of methoxy groups -OCH3 is 3. The Bertz CT molecular complexity index is 1660. The number of ether oxygens (including phenoxy) is 4. The van der Waals surface area contributed by atoms with Crippen LogP contribution in [-0.2, 0) is 17.6 Å². The van der Waals surface area contributed by atoms with Gasteiger partial charge >= 0.3 is 6.09 Å². The van der Waals surface area contributed by atoms with Crippen LogP contribution in [0.1, 0.15) is 22.5 Å². The predicted octanol–water partition coefficient (Wildman–Crippen LogP) is 3.76. The minimum Gasteiger partial charge on any atom is -0.493 e. The molecule has 0 saturated carbocycles. The van der Waals surface area contributed by atoms with E-state index in [2.05, 4.69) is 20.3 Å². The summed E-state index contributed by atoms with van der Waals surface area (Å²) in [5.41, 5.74) is 15.4. The van der Waals surface area contributed by atoms with Gasteiger partial charge in [-0.2, -0.15) is 4.98 Å². The summed E-state index contributed by atoms with van der Waals surface area (Å²) < 4.78 is 28.0. The van der Waals surface area contributed by atoms with E-state index in [0.29, 0.717) is 52.9 Å². The first-order chi connectivity index (χ1) is 18.9. The molecule has 6 N–H and O–H groups in total. The van der Waals surface area contributed by atoms with E-state index in [0.717, 1.165) is 27.4 Å². The molecule has 3 aromatic heterocycles. The van der Waals surface area contributed by atoms with Crippen molar-refractivity contribution in [1.82, 2.24) is 20.3 Å². The highest BCUT2D eigenvalue weighted by Crippen LogP contribution is 2.41. The molecule has 5 aromatic rings. The molecule has 1 amide bonds. The number of furan rings is 1. The molecule has 5 rings (SSSR count). The molecule has 12 heteroatoms. The average molecular weight is 533 g/mol. The molecular formula is C27H28N6O6. The molecule has 0 saturated heterocycles. The highest BCUT2D eigenvalue weighted by molar-refractivity contribution is 5.91. The average Bonchev–Trinajstić information content (AvgIpc) is 3.50. The van der Waals surface area contributed by atoms with Crippen molar-refractivity contribution in [2.24, 2.45) is 0 Å². The SMILES string of the molecule is COCNC(=O)Oc1[nH]c2ccccc2c1Cc1cc2c(Cc3cnc(N)nc3N)cc(OC)c(OC)c2o1. The smallest absolute Gasteiger partial charge is 0.415 e. The van der Waals surface area contributed by atoms with Crippen molar-refractivity contribution in [3.63, 3.8) is 0 Å². The normalized spacial score (nSPS) is 11.2. The maximum absolute atomic E-state index is 12.3. The molecule has 0 bridgehead atoms. The molecule has 0 unspecified atom stereocenters. The van der Waals surface area contributed by atoms with Gasteiger partial charge in [-0.1, -0.05) is 18.2 Å². The largest absolute Gasteiger partial charge is 0.493 e. The molecular weight excluding hydrogens is 504 g/mol. The number of H-pyrrole nitrogens is 1. The number of aromatic nitrogens is 3. The fourth-order valence-electron chi connectivity index (χ4n) is 4.49. The second kappa shape index (κ2) is 10.8. The first-order valence-electron chi connectivity index (χ1n) is 12.0. The Hall–Kier alpha value is -4.97. The lowest BCUT2D eigenvalue weighted by Crippen LogP contribution is -2.28. The number of hydrogen-bond donors (Lipinski definition) is 4. The minimum absolute atomic E-state index is 0.0198. The first-order valence-corrected chi connectivity index (χ1v) is 12.0. The second-order valence-electron chi connectivity index (χ2n) is 8.70. The van der Waals surface area contributed by atoms with Crippen LogP contribution in [0.2, 0.25) is 0 Å². The van der Waals surface area contributed by atoms with Crippen LogP contribution in [-0.4, -0.2) is 49.1 Å². The number of nitrogens with zero attached hydrogens (tertiary/aromatic N) is 2. The van der Waals surface area contributed by atoms with Crippen LogP contribution in [0.15, 0.2) is 47.0 Å². The Labute approximate surface area is 223 Å². The number of carbonyl (C=O) groups excluding carboxylic acids is 1. The maximum atomic E-state index is 12.3. The number of hydrogen-bond acceptors (Lipinski definition) is 10. The van der Waals surface area contributed by atoms with Gasteiger partial charge < -0.3 is 39.8 Å². The van der Waals surface area contributed by atoms with Crippen LogP contribution in [0, 0.1) is 0 Å². The van der Waals surface area contributed by atoms with Crippen LogP contribution >= 0.6 is 0 Å². The Morgan fingerprint density at radius 1 is 1.05 bits per heavy atom. The predicted molar refractivity (Wildman–Crippen MR) is 145 cm³/mol. The van der Waals surface area contributed by atoms with Gasteiger partial charge in [0.2, 0.25) is 17.6 Å². The van der Waals surface area contributed by atoms with Crippen molar-refractivity contribution < 1.29 is 28.2 Å². The lowest BCUT2D eigenvalue weighted by molar-refractivity contribution is 0.152. The number of carbonyl (C=O) groups is 1. The summed E-state index contributed by atoms with van der Waals surface area (Å²) in [6, 6.07) is 11.5. The van der Waals surface area contributed by atoms with Crippen molar-refractivity contribution >= 4 is 39.7 Å². The van der Waals surface area contributed by atoms with Gasteiger partial charge in [-0.25, -0.2) is 9.78 Å². The van der Waals surface area contributed by atoms with Crippen LogP contribution in [0.25, 0.3) is 21.9 Å². The second-order valence-corrected chi connectivity index (χ2v) is 8.70. The maximum Gasteiger partial charge on any atom is 0.415 e. The molecule has 39 heavy (non-hydrogen) atoms.